The van der Waals surface area contributed by atoms with Gasteiger partial charge >= 0.3 is 5.97 Å². The number of carbonyl (C=O) groups excluding carboxylic acids is 1. The van der Waals surface area contributed by atoms with Crippen LogP contribution in [0.2, 0.25) is 0 Å². The van der Waals surface area contributed by atoms with Gasteiger partial charge in [-0.3, -0.25) is 0 Å². The number of hydrogen-bond acceptors (Lipinski definition) is 6. The largest absolute Gasteiger partial charge is 0.460 e. The molecule has 0 aromatic carbocycles. The van der Waals surface area contributed by atoms with Crippen molar-refractivity contribution >= 4 is 15.8 Å². The van der Waals surface area contributed by atoms with Crippen LogP contribution < -0.4 is 0 Å². The Morgan fingerprint density at radius 3 is 2.84 bits per heavy atom. The molecule has 6 nitrogen and oxygen atoms in total. The van der Waals surface area contributed by atoms with E-state index in [0.29, 0.717) is 18.5 Å². The third-order valence-corrected chi connectivity index (χ3v) is 5.29. The van der Waals surface area contributed by atoms with E-state index in [1.165, 1.54) is 0 Å². The molecule has 0 saturated carbocycles. The lowest BCUT2D eigenvalue weighted by Crippen LogP contribution is -2.21. The van der Waals surface area contributed by atoms with Crippen LogP contribution in [0.3, 0.4) is 0 Å². The second-order valence-electron chi connectivity index (χ2n) is 4.54. The average molecular weight is 287 g/mol. The van der Waals surface area contributed by atoms with Crippen LogP contribution in [0.1, 0.15) is 53.6 Å². The third-order valence-electron chi connectivity index (χ3n) is 3.13. The molecule has 19 heavy (non-hydrogen) atoms. The van der Waals surface area contributed by atoms with Crippen molar-refractivity contribution in [2.45, 2.75) is 38.4 Å². The second kappa shape index (κ2) is 5.32. The van der Waals surface area contributed by atoms with Gasteiger partial charge < -0.3 is 9.15 Å². The molecule has 1 aromatic rings. The van der Waals surface area contributed by atoms with Crippen molar-refractivity contribution < 1.29 is 22.4 Å². The van der Waals surface area contributed by atoms with Gasteiger partial charge in [-0.1, -0.05) is 6.42 Å². The third kappa shape index (κ3) is 2.80. The molecule has 7 heteroatoms. The standard InChI is InChI=1S/C12H17NO5S/c1-3-17-12(14)10-8(2)13-11(18-10)9-6-4-5-7-19(9,15)16/h9H,3-7H2,1-2H3. The van der Waals surface area contributed by atoms with Crippen LogP contribution in [0.5, 0.6) is 0 Å². The van der Waals surface area contributed by atoms with Crippen LogP contribution in [-0.4, -0.2) is 31.7 Å². The highest BCUT2D eigenvalue weighted by Gasteiger charge is 2.35. The Kier molecular flexibility index (Phi) is 3.93. The minimum Gasteiger partial charge on any atom is -0.460 e. The number of aromatic nitrogens is 1. The van der Waals surface area contributed by atoms with E-state index >= 15 is 0 Å². The van der Waals surface area contributed by atoms with Crippen LogP contribution >= 0.6 is 0 Å². The molecule has 1 aliphatic rings. The van der Waals surface area contributed by atoms with Crippen molar-refractivity contribution in [3.8, 4) is 0 Å². The number of nitrogens with zero attached hydrogens (tertiary/aromatic N) is 1. The summed E-state index contributed by atoms with van der Waals surface area (Å²) in [6.07, 6.45) is 1.98. The first-order valence-electron chi connectivity index (χ1n) is 6.31. The maximum absolute atomic E-state index is 12.0. The molecule has 0 radical (unpaired) electrons. The van der Waals surface area contributed by atoms with E-state index in [0.717, 1.165) is 6.42 Å². The first kappa shape index (κ1) is 14.0. The summed E-state index contributed by atoms with van der Waals surface area (Å²) in [6.45, 7) is 3.53. The molecule has 106 valence electrons. The number of ether oxygens (including phenoxy) is 1. The topological polar surface area (TPSA) is 86.5 Å². The molecule has 1 aromatic heterocycles. The van der Waals surface area contributed by atoms with Gasteiger partial charge in [-0.2, -0.15) is 0 Å². The number of sulfone groups is 1. The Morgan fingerprint density at radius 1 is 1.47 bits per heavy atom. The fourth-order valence-electron chi connectivity index (χ4n) is 2.17. The van der Waals surface area contributed by atoms with Gasteiger partial charge in [-0.05, 0) is 26.7 Å². The van der Waals surface area contributed by atoms with Crippen molar-refractivity contribution in [2.24, 2.45) is 0 Å². The smallest absolute Gasteiger partial charge is 0.376 e. The molecule has 0 amide bonds. The molecule has 0 N–H and O–H groups in total. The molecule has 0 aliphatic carbocycles. The van der Waals surface area contributed by atoms with Crippen LogP contribution in [0.4, 0.5) is 0 Å². The van der Waals surface area contributed by atoms with Crippen LogP contribution in [0.25, 0.3) is 0 Å². The number of aryl methyl sites for hydroxylation is 1. The predicted molar refractivity (Wildman–Crippen MR) is 67.6 cm³/mol. The molecular weight excluding hydrogens is 270 g/mol. The summed E-state index contributed by atoms with van der Waals surface area (Å²) < 4.78 is 34.1. The van der Waals surface area contributed by atoms with E-state index in [1.807, 2.05) is 0 Å². The zero-order valence-corrected chi connectivity index (χ0v) is 11.8. The van der Waals surface area contributed by atoms with Gasteiger partial charge in [0.15, 0.2) is 9.84 Å². The lowest BCUT2D eigenvalue weighted by Gasteiger charge is -2.19. The van der Waals surface area contributed by atoms with E-state index in [4.69, 9.17) is 9.15 Å². The molecule has 2 heterocycles. The molecular formula is C12H17NO5S. The zero-order valence-electron chi connectivity index (χ0n) is 11.0. The predicted octanol–water partition coefficient (Wildman–Crippen LogP) is 1.80. The number of hydrogen-bond donors (Lipinski definition) is 0. The molecule has 1 aliphatic heterocycles. The highest BCUT2D eigenvalue weighted by molar-refractivity contribution is 7.91. The first-order valence-corrected chi connectivity index (χ1v) is 8.03. The number of carbonyl (C=O) groups is 1. The minimum atomic E-state index is -3.23. The van der Waals surface area contributed by atoms with Gasteiger partial charge in [0.1, 0.15) is 5.25 Å². The van der Waals surface area contributed by atoms with Crippen LogP contribution in [0.15, 0.2) is 4.42 Å². The fraction of sp³-hybridized carbons (Fsp3) is 0.667. The molecule has 0 spiro atoms. The van der Waals surface area contributed by atoms with E-state index in [2.05, 4.69) is 4.98 Å². The lowest BCUT2D eigenvalue weighted by atomic mass is 10.2. The van der Waals surface area contributed by atoms with Gasteiger partial charge in [-0.15, -0.1) is 0 Å². The summed E-state index contributed by atoms with van der Waals surface area (Å²) in [4.78, 5) is 15.7. The number of rotatable bonds is 3. The van der Waals surface area contributed by atoms with Crippen molar-refractivity contribution in [1.29, 1.82) is 0 Å². The van der Waals surface area contributed by atoms with Gasteiger partial charge in [0.25, 0.3) is 0 Å². The summed E-state index contributed by atoms with van der Waals surface area (Å²) in [5.74, 6) is -0.349. The maximum Gasteiger partial charge on any atom is 0.376 e. The van der Waals surface area contributed by atoms with Crippen molar-refractivity contribution in [3.63, 3.8) is 0 Å². The SMILES string of the molecule is CCOC(=O)c1oc(C2CCCCS2(=O)=O)nc1C. The quantitative estimate of drug-likeness (QED) is 0.788. The second-order valence-corrected chi connectivity index (χ2v) is 6.84. The zero-order chi connectivity index (χ0) is 14.0. The van der Waals surface area contributed by atoms with Crippen molar-refractivity contribution in [3.05, 3.63) is 17.3 Å². The average Bonchev–Trinajstić information content (AvgIpc) is 2.71. The summed E-state index contributed by atoms with van der Waals surface area (Å²) in [5, 5.41) is -0.733. The molecule has 1 unspecified atom stereocenters. The highest BCUT2D eigenvalue weighted by atomic mass is 32.2. The molecule has 1 fully saturated rings. The molecule has 1 saturated heterocycles. The van der Waals surface area contributed by atoms with E-state index in [1.54, 1.807) is 13.8 Å². The van der Waals surface area contributed by atoms with E-state index < -0.39 is 21.1 Å². The lowest BCUT2D eigenvalue weighted by molar-refractivity contribution is 0.0486. The fourth-order valence-corrected chi connectivity index (χ4v) is 4.00. The Balaban J connectivity index is 2.31. The molecule has 1 atom stereocenters. The Morgan fingerprint density at radius 2 is 2.21 bits per heavy atom. The highest BCUT2D eigenvalue weighted by Crippen LogP contribution is 2.33. The number of esters is 1. The minimum absolute atomic E-state index is 0.00220. The summed E-state index contributed by atoms with van der Waals surface area (Å²) in [6, 6.07) is 0. The summed E-state index contributed by atoms with van der Waals surface area (Å²) in [5.41, 5.74) is 0.370. The van der Waals surface area contributed by atoms with Gasteiger partial charge in [-0.25, -0.2) is 18.2 Å². The Bertz CT molecular complexity index is 575. The van der Waals surface area contributed by atoms with Gasteiger partial charge in [0.05, 0.1) is 18.1 Å². The van der Waals surface area contributed by atoms with Crippen molar-refractivity contribution in [1.82, 2.24) is 4.98 Å². The van der Waals surface area contributed by atoms with Crippen LogP contribution in [0, 0.1) is 6.92 Å². The number of oxazole rings is 1. The first-order chi connectivity index (χ1) is 8.95. The molecule has 2 rings (SSSR count). The normalized spacial score (nSPS) is 22.1. The Labute approximate surface area is 112 Å². The van der Waals surface area contributed by atoms with Gasteiger partial charge in [0, 0.05) is 0 Å². The summed E-state index contributed by atoms with van der Waals surface area (Å²) in [7, 11) is -3.23. The van der Waals surface area contributed by atoms with E-state index in [9.17, 15) is 13.2 Å². The Hall–Kier alpha value is -1.37. The monoisotopic (exact) mass is 287 g/mol. The molecule has 0 bridgehead atoms. The summed E-state index contributed by atoms with van der Waals surface area (Å²) >= 11 is 0. The van der Waals surface area contributed by atoms with Gasteiger partial charge in [0.2, 0.25) is 11.7 Å². The van der Waals surface area contributed by atoms with Crippen molar-refractivity contribution in [2.75, 3.05) is 12.4 Å². The van der Waals surface area contributed by atoms with E-state index in [-0.39, 0.29) is 24.0 Å². The maximum atomic E-state index is 12.0. The van der Waals surface area contributed by atoms with Crippen LogP contribution in [-0.2, 0) is 14.6 Å².